The molecule has 0 radical (unpaired) electrons. The van der Waals surface area contributed by atoms with E-state index in [4.69, 9.17) is 9.97 Å². The minimum atomic E-state index is -0.205. The van der Waals surface area contributed by atoms with E-state index in [1.807, 2.05) is 0 Å². The second-order valence-corrected chi connectivity index (χ2v) is 12.9. The molecule has 0 fully saturated rings. The van der Waals surface area contributed by atoms with Crippen LogP contribution in [-0.4, -0.2) is 9.97 Å². The molecule has 44 heavy (non-hydrogen) atoms. The second-order valence-electron chi connectivity index (χ2n) is 12.9. The number of benzene rings is 6. The van der Waals surface area contributed by atoms with Crippen LogP contribution >= 0.6 is 0 Å². The normalized spacial score (nSPS) is 16.2. The zero-order valence-corrected chi connectivity index (χ0v) is 25.0. The molecule has 0 spiro atoms. The molecule has 1 aromatic heterocycles. The van der Waals surface area contributed by atoms with Crippen molar-refractivity contribution in [1.29, 1.82) is 0 Å². The van der Waals surface area contributed by atoms with Gasteiger partial charge in [0.25, 0.3) is 0 Å². The van der Waals surface area contributed by atoms with Crippen molar-refractivity contribution in [3.8, 4) is 33.6 Å². The highest BCUT2D eigenvalue weighted by atomic mass is 14.9. The van der Waals surface area contributed by atoms with Crippen LogP contribution in [0.5, 0.6) is 0 Å². The number of rotatable bonds is 2. The van der Waals surface area contributed by atoms with Crippen LogP contribution in [0.2, 0.25) is 0 Å². The lowest BCUT2D eigenvalue weighted by molar-refractivity contribution is 0.645. The van der Waals surface area contributed by atoms with Gasteiger partial charge in [-0.2, -0.15) is 0 Å². The van der Waals surface area contributed by atoms with Crippen molar-refractivity contribution in [2.24, 2.45) is 0 Å². The first kappa shape index (κ1) is 25.4. The van der Waals surface area contributed by atoms with Gasteiger partial charge in [-0.1, -0.05) is 129 Å². The number of hydrogen-bond acceptors (Lipinski definition) is 2. The largest absolute Gasteiger partial charge is 0.232 e. The lowest BCUT2D eigenvalue weighted by atomic mass is 9.80. The Balaban J connectivity index is 1.29. The Bertz CT molecular complexity index is 2280. The highest BCUT2D eigenvalue weighted by molar-refractivity contribution is 5.92. The maximum atomic E-state index is 5.57. The van der Waals surface area contributed by atoms with Crippen molar-refractivity contribution in [2.75, 3.05) is 0 Å². The Kier molecular flexibility index (Phi) is 5.47. The molecule has 2 aliphatic carbocycles. The predicted octanol–water partition coefficient (Wildman–Crippen LogP) is 10.5. The molecule has 0 aliphatic heterocycles. The summed E-state index contributed by atoms with van der Waals surface area (Å²) in [7, 11) is 0. The van der Waals surface area contributed by atoms with E-state index in [1.54, 1.807) is 0 Å². The number of aromatic nitrogens is 2. The van der Waals surface area contributed by atoms with Gasteiger partial charge in [-0.25, -0.2) is 9.97 Å². The highest BCUT2D eigenvalue weighted by Gasteiger charge is 2.40. The van der Waals surface area contributed by atoms with Gasteiger partial charge in [0.2, 0.25) is 0 Å². The molecule has 0 amide bonds. The Morgan fingerprint density at radius 1 is 0.568 bits per heavy atom. The third-order valence-electron chi connectivity index (χ3n) is 10.0. The molecule has 7 aromatic rings. The third-order valence-corrected chi connectivity index (χ3v) is 10.0. The van der Waals surface area contributed by atoms with E-state index in [2.05, 4.69) is 141 Å². The molecule has 0 saturated carbocycles. The molecular weight excluding hydrogens is 532 g/mol. The zero-order valence-electron chi connectivity index (χ0n) is 25.0. The predicted molar refractivity (Wildman–Crippen MR) is 182 cm³/mol. The molecule has 2 nitrogen and oxygen atoms in total. The summed E-state index contributed by atoms with van der Waals surface area (Å²) in [6, 6.07) is 46.6. The Labute approximate surface area is 258 Å². The summed E-state index contributed by atoms with van der Waals surface area (Å²) >= 11 is 0. The number of hydrogen-bond donors (Lipinski definition) is 0. The number of nitrogens with zero attached hydrogens (tertiary/aromatic N) is 2. The molecule has 0 N–H and O–H groups in total. The van der Waals surface area contributed by atoms with E-state index in [1.165, 1.54) is 60.5 Å². The van der Waals surface area contributed by atoms with Crippen molar-refractivity contribution in [3.63, 3.8) is 0 Å². The van der Waals surface area contributed by atoms with E-state index in [-0.39, 0.29) is 11.3 Å². The Hall–Kier alpha value is -5.08. The van der Waals surface area contributed by atoms with Gasteiger partial charge in [0, 0.05) is 28.0 Å². The maximum Gasteiger partial charge on any atom is 0.137 e. The molecule has 2 heteroatoms. The van der Waals surface area contributed by atoms with E-state index >= 15 is 0 Å². The number of fused-ring (bicyclic) bond motifs is 8. The Morgan fingerprint density at radius 2 is 1.20 bits per heavy atom. The van der Waals surface area contributed by atoms with Crippen LogP contribution in [0.4, 0.5) is 0 Å². The summed E-state index contributed by atoms with van der Waals surface area (Å²) in [5.74, 6) is 1.01. The molecular formula is C42H32N2. The first-order valence-electron chi connectivity index (χ1n) is 15.7. The van der Waals surface area contributed by atoms with Crippen LogP contribution < -0.4 is 0 Å². The average molecular weight is 565 g/mol. The van der Waals surface area contributed by atoms with Gasteiger partial charge in [-0.15, -0.1) is 0 Å². The van der Waals surface area contributed by atoms with Crippen LogP contribution in [0.3, 0.4) is 0 Å². The summed E-state index contributed by atoms with van der Waals surface area (Å²) in [5, 5.41) is 5.06. The van der Waals surface area contributed by atoms with Gasteiger partial charge < -0.3 is 0 Å². The van der Waals surface area contributed by atoms with Crippen LogP contribution in [0, 0.1) is 0 Å². The Morgan fingerprint density at radius 3 is 2.02 bits per heavy atom. The smallest absolute Gasteiger partial charge is 0.137 e. The van der Waals surface area contributed by atoms with E-state index in [9.17, 15) is 0 Å². The van der Waals surface area contributed by atoms with Crippen molar-refractivity contribution >= 4 is 21.5 Å². The van der Waals surface area contributed by atoms with Crippen molar-refractivity contribution in [2.45, 2.75) is 38.0 Å². The average Bonchev–Trinajstić information content (AvgIpc) is 3.19. The maximum absolute atomic E-state index is 5.57. The first-order chi connectivity index (χ1) is 21.6. The van der Waals surface area contributed by atoms with Crippen LogP contribution in [0.15, 0.2) is 127 Å². The molecule has 1 unspecified atom stereocenters. The van der Waals surface area contributed by atoms with Gasteiger partial charge >= 0.3 is 0 Å². The summed E-state index contributed by atoms with van der Waals surface area (Å²) in [5.41, 5.74) is 12.2. The fourth-order valence-corrected chi connectivity index (χ4v) is 7.85. The molecule has 0 saturated heterocycles. The fraction of sp³-hybridized carbons (Fsp3) is 0.143. The molecule has 1 heterocycles. The van der Waals surface area contributed by atoms with Crippen molar-refractivity contribution in [1.82, 2.24) is 9.97 Å². The SMILES string of the molecule is CC1(C)c2ccccc2-c2nc(C3CCc4cc5ccccc5cc4-c4ccccc43)nc(-c3ccc4ccccc4c3)c21. The van der Waals surface area contributed by atoms with Crippen molar-refractivity contribution < 1.29 is 0 Å². The quantitative estimate of drug-likeness (QED) is 0.209. The van der Waals surface area contributed by atoms with E-state index < -0.39 is 0 Å². The fourth-order valence-electron chi connectivity index (χ4n) is 7.85. The molecule has 2 aliphatic rings. The summed E-state index contributed by atoms with van der Waals surface area (Å²) in [4.78, 5) is 11.1. The van der Waals surface area contributed by atoms with Gasteiger partial charge in [-0.05, 0) is 74.3 Å². The summed E-state index contributed by atoms with van der Waals surface area (Å²) in [6.07, 6.45) is 1.94. The van der Waals surface area contributed by atoms with Crippen LogP contribution in [0.25, 0.3) is 55.2 Å². The van der Waals surface area contributed by atoms with E-state index in [0.29, 0.717) is 0 Å². The van der Waals surface area contributed by atoms with Gasteiger partial charge in [0.15, 0.2) is 0 Å². The lowest BCUT2D eigenvalue weighted by Gasteiger charge is -2.25. The third kappa shape index (κ3) is 3.74. The second kappa shape index (κ2) is 9.46. The van der Waals surface area contributed by atoms with Crippen LogP contribution in [0.1, 0.15) is 54.3 Å². The lowest BCUT2D eigenvalue weighted by Crippen LogP contribution is -2.18. The minimum Gasteiger partial charge on any atom is -0.232 e. The molecule has 1 atom stereocenters. The first-order valence-corrected chi connectivity index (χ1v) is 15.7. The number of aryl methyl sites for hydroxylation is 1. The summed E-state index contributed by atoms with van der Waals surface area (Å²) < 4.78 is 0. The molecule has 210 valence electrons. The molecule has 0 bridgehead atoms. The van der Waals surface area contributed by atoms with Crippen LogP contribution in [-0.2, 0) is 11.8 Å². The van der Waals surface area contributed by atoms with E-state index in [0.717, 1.165) is 35.6 Å². The molecule has 6 aromatic carbocycles. The molecule has 9 rings (SSSR count). The standard InChI is InChI=1S/C42H32N2/c1-42(2)37-18-10-9-17-35(37)40-38(42)39(31-20-19-26-11-3-4-12-27(26)24-31)43-41(44-40)34-22-21-30-23-28-13-5-6-14-29(28)25-36(30)33-16-8-7-15-32(33)34/h3-20,23-25,34H,21-22H2,1-2H3. The monoisotopic (exact) mass is 564 g/mol. The topological polar surface area (TPSA) is 25.8 Å². The summed E-state index contributed by atoms with van der Waals surface area (Å²) in [6.45, 7) is 4.65. The van der Waals surface area contributed by atoms with Gasteiger partial charge in [0.1, 0.15) is 5.82 Å². The van der Waals surface area contributed by atoms with Gasteiger partial charge in [0.05, 0.1) is 11.4 Å². The minimum absolute atomic E-state index is 0.0853. The zero-order chi connectivity index (χ0) is 29.4. The van der Waals surface area contributed by atoms with Gasteiger partial charge in [-0.3, -0.25) is 0 Å². The van der Waals surface area contributed by atoms with Crippen molar-refractivity contribution in [3.05, 3.63) is 155 Å². The highest BCUT2D eigenvalue weighted by Crippen LogP contribution is 2.52.